The summed E-state index contributed by atoms with van der Waals surface area (Å²) in [5, 5.41) is 33.1. The van der Waals surface area contributed by atoms with Gasteiger partial charge in [0.05, 0.1) is 6.61 Å². The van der Waals surface area contributed by atoms with E-state index in [-0.39, 0.29) is 30.3 Å². The van der Waals surface area contributed by atoms with Crippen molar-refractivity contribution in [2.45, 2.75) is 51.7 Å². The van der Waals surface area contributed by atoms with E-state index in [0.717, 1.165) is 35.1 Å². The van der Waals surface area contributed by atoms with Gasteiger partial charge in [0, 0.05) is 18.5 Å². The molecular formula is C27H29ClN8O8. The molecule has 1 unspecified atom stereocenters. The molecule has 44 heavy (non-hydrogen) atoms. The van der Waals surface area contributed by atoms with Crippen LogP contribution in [0, 0.1) is 20.2 Å². The SMILES string of the molecule is CCCCc1nc(Cl)c(C(=O)OCCCC(CO[N+](=O)[O-])O[N+](=O)[O-])n1Cc1ccc(-c2ccccc2-c2nnn[nH]2)cc1. The zero-order valence-corrected chi connectivity index (χ0v) is 24.4. The topological polar surface area (TPSA) is 203 Å². The Labute approximate surface area is 255 Å². The maximum absolute atomic E-state index is 13.2. The van der Waals surface area contributed by atoms with Gasteiger partial charge in [0.15, 0.2) is 16.7 Å². The molecule has 0 amide bonds. The molecule has 0 saturated carbocycles. The third-order valence-electron chi connectivity index (χ3n) is 6.59. The second-order valence-electron chi connectivity index (χ2n) is 9.60. The minimum absolute atomic E-state index is 0.00117. The number of carbonyl (C=O) groups excluding carboxylic acids is 1. The highest BCUT2D eigenvalue weighted by atomic mass is 35.5. The molecule has 0 fully saturated rings. The van der Waals surface area contributed by atoms with Crippen molar-refractivity contribution in [1.29, 1.82) is 0 Å². The van der Waals surface area contributed by atoms with Crippen LogP contribution in [0.5, 0.6) is 0 Å². The van der Waals surface area contributed by atoms with E-state index in [0.29, 0.717) is 24.6 Å². The van der Waals surface area contributed by atoms with E-state index in [1.54, 1.807) is 4.57 Å². The number of hydrogen-bond acceptors (Lipinski definition) is 12. The summed E-state index contributed by atoms with van der Waals surface area (Å²) < 4.78 is 7.14. The maximum Gasteiger partial charge on any atom is 0.358 e. The van der Waals surface area contributed by atoms with E-state index in [2.05, 4.69) is 35.3 Å². The highest BCUT2D eigenvalue weighted by Gasteiger charge is 2.24. The van der Waals surface area contributed by atoms with Gasteiger partial charge < -0.3 is 19.0 Å². The molecule has 4 aromatic rings. The Hall–Kier alpha value is -5.12. The Balaban J connectivity index is 1.48. The van der Waals surface area contributed by atoms with E-state index < -0.39 is 28.9 Å². The lowest BCUT2D eigenvalue weighted by Crippen LogP contribution is -2.25. The van der Waals surface area contributed by atoms with Crippen LogP contribution in [0.1, 0.15) is 54.5 Å². The van der Waals surface area contributed by atoms with Gasteiger partial charge in [-0.1, -0.05) is 73.5 Å². The van der Waals surface area contributed by atoms with Crippen LogP contribution in [0.3, 0.4) is 0 Å². The normalized spacial score (nSPS) is 11.6. The summed E-state index contributed by atoms with van der Waals surface area (Å²) in [6.07, 6.45) is 1.22. The summed E-state index contributed by atoms with van der Waals surface area (Å²) in [4.78, 5) is 47.3. The van der Waals surface area contributed by atoms with Crippen LogP contribution in [0.25, 0.3) is 22.5 Å². The van der Waals surface area contributed by atoms with Gasteiger partial charge in [-0.2, -0.15) is 0 Å². The van der Waals surface area contributed by atoms with Crippen molar-refractivity contribution in [3.8, 4) is 22.5 Å². The van der Waals surface area contributed by atoms with Crippen LogP contribution < -0.4 is 0 Å². The molecule has 2 aromatic carbocycles. The van der Waals surface area contributed by atoms with Crippen molar-refractivity contribution in [2.24, 2.45) is 0 Å². The molecule has 0 aliphatic heterocycles. The number of aryl methyl sites for hydroxylation is 1. The first-order valence-electron chi connectivity index (χ1n) is 13.7. The Kier molecular flexibility index (Phi) is 11.1. The van der Waals surface area contributed by atoms with E-state index in [4.69, 9.17) is 16.3 Å². The van der Waals surface area contributed by atoms with Crippen LogP contribution in [0.4, 0.5) is 0 Å². The molecule has 0 aliphatic rings. The molecule has 0 saturated heterocycles. The van der Waals surface area contributed by atoms with Gasteiger partial charge in [-0.15, -0.1) is 25.3 Å². The second-order valence-corrected chi connectivity index (χ2v) is 9.96. The van der Waals surface area contributed by atoms with Crippen molar-refractivity contribution in [3.63, 3.8) is 0 Å². The zero-order valence-electron chi connectivity index (χ0n) is 23.6. The lowest BCUT2D eigenvalue weighted by molar-refractivity contribution is -0.790. The largest absolute Gasteiger partial charge is 0.461 e. The smallest absolute Gasteiger partial charge is 0.358 e. The standard InChI is InChI=1S/C27H29ClN8O8/c1-2-3-10-23-29-25(28)24(27(37)42-15-6-7-20(44-36(40)41)17-43-35(38)39)34(23)16-18-11-13-19(14-12-18)21-8-4-5-9-22(21)26-30-32-33-31-26/h4-5,8-9,11-14,20H,2-3,6-7,10,15-17H2,1H3,(H,30,31,32,33). The first-order valence-corrected chi connectivity index (χ1v) is 14.1. The first kappa shape index (κ1) is 31.8. The summed E-state index contributed by atoms with van der Waals surface area (Å²) in [5.41, 5.74) is 3.70. The van der Waals surface area contributed by atoms with Gasteiger partial charge in [0.2, 0.25) is 0 Å². The quantitative estimate of drug-likeness (QED) is 0.0743. The summed E-state index contributed by atoms with van der Waals surface area (Å²) in [7, 11) is 0. The molecular weight excluding hydrogens is 600 g/mol. The van der Waals surface area contributed by atoms with Crippen LogP contribution >= 0.6 is 11.6 Å². The zero-order chi connectivity index (χ0) is 31.5. The van der Waals surface area contributed by atoms with Crippen LogP contribution in [0.2, 0.25) is 5.15 Å². The minimum atomic E-state index is -1.20. The van der Waals surface area contributed by atoms with Gasteiger partial charge in [-0.25, -0.2) is 14.9 Å². The van der Waals surface area contributed by atoms with E-state index in [1.807, 2.05) is 55.5 Å². The van der Waals surface area contributed by atoms with E-state index >= 15 is 0 Å². The number of nitrogens with one attached hydrogen (secondary N) is 1. The predicted octanol–water partition coefficient (Wildman–Crippen LogP) is 4.50. The third-order valence-corrected chi connectivity index (χ3v) is 6.85. The number of nitrogens with zero attached hydrogens (tertiary/aromatic N) is 7. The lowest BCUT2D eigenvalue weighted by Gasteiger charge is -2.14. The summed E-state index contributed by atoms with van der Waals surface area (Å²) in [6, 6.07) is 15.5. The molecule has 232 valence electrons. The van der Waals surface area contributed by atoms with Crippen LogP contribution in [-0.4, -0.2) is 65.6 Å². The first-order chi connectivity index (χ1) is 21.3. The Bertz CT molecular complexity index is 1560. The number of imidazole rings is 1. The number of aromatic amines is 1. The number of halogens is 1. The van der Waals surface area contributed by atoms with Crippen molar-refractivity contribution >= 4 is 17.6 Å². The number of tetrazole rings is 1. The molecule has 0 aliphatic carbocycles. The fourth-order valence-corrected chi connectivity index (χ4v) is 4.80. The molecule has 16 nitrogen and oxygen atoms in total. The van der Waals surface area contributed by atoms with Gasteiger partial charge in [0.1, 0.15) is 18.5 Å². The molecule has 1 atom stereocenters. The summed E-state index contributed by atoms with van der Waals surface area (Å²) in [5.74, 6) is 0.462. The van der Waals surface area contributed by atoms with Gasteiger partial charge >= 0.3 is 5.97 Å². The van der Waals surface area contributed by atoms with Crippen molar-refractivity contribution in [3.05, 3.63) is 91.0 Å². The Morgan fingerprint density at radius 2 is 1.82 bits per heavy atom. The highest BCUT2D eigenvalue weighted by Crippen LogP contribution is 2.30. The number of hydrogen-bond donors (Lipinski definition) is 1. The number of unbranched alkanes of at least 4 members (excludes halogenated alkanes) is 1. The second kappa shape index (κ2) is 15.4. The molecule has 17 heteroatoms. The molecule has 2 heterocycles. The predicted molar refractivity (Wildman–Crippen MR) is 154 cm³/mol. The molecule has 4 rings (SSSR count). The van der Waals surface area contributed by atoms with Crippen molar-refractivity contribution in [1.82, 2.24) is 30.2 Å². The number of carbonyl (C=O) groups is 1. The molecule has 0 spiro atoms. The fraction of sp³-hybridized carbons (Fsp3) is 0.370. The maximum atomic E-state index is 13.2. The van der Waals surface area contributed by atoms with Crippen LogP contribution in [-0.2, 0) is 27.4 Å². The van der Waals surface area contributed by atoms with Gasteiger partial charge in [-0.05, 0) is 46.4 Å². The lowest BCUT2D eigenvalue weighted by atomic mass is 9.98. The highest BCUT2D eigenvalue weighted by molar-refractivity contribution is 6.32. The number of benzene rings is 2. The molecule has 0 radical (unpaired) electrons. The molecule has 2 aromatic heterocycles. The number of H-pyrrole nitrogens is 1. The van der Waals surface area contributed by atoms with Crippen molar-refractivity contribution < 1.29 is 29.4 Å². The average Bonchev–Trinajstić information content (AvgIpc) is 3.65. The van der Waals surface area contributed by atoms with Gasteiger partial charge in [0.25, 0.3) is 10.2 Å². The minimum Gasteiger partial charge on any atom is -0.461 e. The number of esters is 1. The Morgan fingerprint density at radius 1 is 1.07 bits per heavy atom. The fourth-order valence-electron chi connectivity index (χ4n) is 4.52. The third kappa shape index (κ3) is 8.47. The van der Waals surface area contributed by atoms with E-state index in [1.165, 1.54) is 0 Å². The average molecular weight is 629 g/mol. The molecule has 1 N–H and O–H groups in total. The Morgan fingerprint density at radius 3 is 2.48 bits per heavy atom. The van der Waals surface area contributed by atoms with Crippen LogP contribution in [0.15, 0.2) is 48.5 Å². The van der Waals surface area contributed by atoms with E-state index in [9.17, 15) is 25.0 Å². The van der Waals surface area contributed by atoms with Gasteiger partial charge in [-0.3, -0.25) is 0 Å². The summed E-state index contributed by atoms with van der Waals surface area (Å²) in [6.45, 7) is 1.56. The molecule has 0 bridgehead atoms. The monoisotopic (exact) mass is 628 g/mol. The van der Waals surface area contributed by atoms with Crippen molar-refractivity contribution in [2.75, 3.05) is 13.2 Å². The number of aromatic nitrogens is 6. The summed E-state index contributed by atoms with van der Waals surface area (Å²) >= 11 is 6.43. The number of rotatable bonds is 17. The number of ether oxygens (including phenoxy) is 1.